The molecule has 2 atom stereocenters. The third-order valence-electron chi connectivity index (χ3n) is 6.52. The molecular weight excluding hydrogens is 524 g/mol. The van der Waals surface area contributed by atoms with Crippen LogP contribution in [0.5, 0.6) is 0 Å². The van der Waals surface area contributed by atoms with Gasteiger partial charge in [0, 0.05) is 37.3 Å². The second-order valence-electron chi connectivity index (χ2n) is 9.40. The molecule has 0 saturated carbocycles. The fourth-order valence-corrected chi connectivity index (χ4v) is 6.41. The van der Waals surface area contributed by atoms with Gasteiger partial charge in [0.2, 0.25) is 10.0 Å². The molecule has 0 N–H and O–H groups in total. The van der Waals surface area contributed by atoms with Crippen LogP contribution >= 0.6 is 0 Å². The fraction of sp³-hybridized carbons (Fsp3) is 0.385. The van der Waals surface area contributed by atoms with Crippen molar-refractivity contribution >= 4 is 15.8 Å². The van der Waals surface area contributed by atoms with Crippen molar-refractivity contribution in [3.05, 3.63) is 71.9 Å². The topological polar surface area (TPSA) is 93.1 Å². The van der Waals surface area contributed by atoms with E-state index in [0.29, 0.717) is 31.7 Å². The molecule has 7 nitrogen and oxygen atoms in total. The summed E-state index contributed by atoms with van der Waals surface area (Å²) in [4.78, 5) is 24.4. The molecule has 38 heavy (non-hydrogen) atoms. The van der Waals surface area contributed by atoms with E-state index in [0.717, 1.165) is 30.7 Å². The number of aromatic nitrogens is 3. The normalized spacial score (nSPS) is 18.9. The summed E-state index contributed by atoms with van der Waals surface area (Å²) in [7, 11) is -4.08. The standard InChI is InChI=1S/C26H26F4N4O3S/c1-16-4-3-5-23(34(16)38(36,37)20-9-7-19(27)8-10-20)24(35)11-6-17-12-22(31-15-21(17)28)18-13-32-25(33-14-18)26(2,29)30/h7-10,12-16,23H,3-6,11H2,1-2H3/t16-,23-/m0/s1. The molecule has 3 aromatic rings. The number of carbonyl (C=O) groups excluding carboxylic acids is 1. The van der Waals surface area contributed by atoms with Crippen LogP contribution in [0.4, 0.5) is 17.6 Å². The number of Topliss-reactive ketones (excluding diaryl/α,β-unsaturated/α-hetero) is 1. The zero-order valence-corrected chi connectivity index (χ0v) is 21.6. The van der Waals surface area contributed by atoms with E-state index < -0.39 is 45.5 Å². The average Bonchev–Trinajstić information content (AvgIpc) is 2.87. The van der Waals surface area contributed by atoms with Crippen LogP contribution in [0.25, 0.3) is 11.3 Å². The molecular formula is C26H26F4N4O3S. The number of piperidine rings is 1. The molecule has 1 saturated heterocycles. The minimum absolute atomic E-state index is 0.0263. The predicted molar refractivity (Wildman–Crippen MR) is 131 cm³/mol. The number of rotatable bonds is 8. The highest BCUT2D eigenvalue weighted by Gasteiger charge is 2.41. The third-order valence-corrected chi connectivity index (χ3v) is 8.55. The van der Waals surface area contributed by atoms with E-state index >= 15 is 0 Å². The summed E-state index contributed by atoms with van der Waals surface area (Å²) >= 11 is 0. The van der Waals surface area contributed by atoms with Crippen LogP contribution in [0, 0.1) is 11.6 Å². The highest BCUT2D eigenvalue weighted by atomic mass is 32.2. The van der Waals surface area contributed by atoms with E-state index in [1.165, 1.54) is 22.5 Å². The number of nitrogens with zero attached hydrogens (tertiary/aromatic N) is 4. The second kappa shape index (κ2) is 10.9. The third kappa shape index (κ3) is 5.91. The van der Waals surface area contributed by atoms with Crippen LogP contribution in [0.2, 0.25) is 0 Å². The van der Waals surface area contributed by atoms with Crippen molar-refractivity contribution in [2.75, 3.05) is 0 Å². The first-order valence-electron chi connectivity index (χ1n) is 12.0. The van der Waals surface area contributed by atoms with Gasteiger partial charge < -0.3 is 0 Å². The molecule has 3 heterocycles. The van der Waals surface area contributed by atoms with Crippen molar-refractivity contribution in [2.24, 2.45) is 0 Å². The first-order valence-corrected chi connectivity index (χ1v) is 13.5. The Morgan fingerprint density at radius 1 is 1.05 bits per heavy atom. The van der Waals surface area contributed by atoms with Crippen molar-refractivity contribution in [1.82, 2.24) is 19.3 Å². The summed E-state index contributed by atoms with van der Waals surface area (Å²) in [6.45, 7) is 2.39. The van der Waals surface area contributed by atoms with Crippen LogP contribution in [0.15, 0.2) is 53.8 Å². The zero-order chi connectivity index (χ0) is 27.7. The number of alkyl halides is 2. The Bertz CT molecular complexity index is 1410. The lowest BCUT2D eigenvalue weighted by molar-refractivity contribution is -0.124. The van der Waals surface area contributed by atoms with Gasteiger partial charge in [-0.3, -0.25) is 9.78 Å². The predicted octanol–water partition coefficient (Wildman–Crippen LogP) is 5.06. The number of aryl methyl sites for hydroxylation is 1. The van der Waals surface area contributed by atoms with Crippen LogP contribution < -0.4 is 0 Å². The van der Waals surface area contributed by atoms with Crippen LogP contribution in [-0.2, 0) is 27.2 Å². The lowest BCUT2D eigenvalue weighted by Gasteiger charge is -2.38. The number of halogens is 4. The summed E-state index contributed by atoms with van der Waals surface area (Å²) in [6, 6.07) is 4.44. The lowest BCUT2D eigenvalue weighted by Crippen LogP contribution is -2.52. The smallest absolute Gasteiger partial charge is 0.298 e. The van der Waals surface area contributed by atoms with Gasteiger partial charge in [-0.2, -0.15) is 13.1 Å². The highest BCUT2D eigenvalue weighted by molar-refractivity contribution is 7.89. The molecule has 0 spiro atoms. The Kier molecular flexibility index (Phi) is 7.93. The van der Waals surface area contributed by atoms with Crippen molar-refractivity contribution in [3.63, 3.8) is 0 Å². The second-order valence-corrected chi connectivity index (χ2v) is 11.2. The molecule has 0 unspecified atom stereocenters. The van der Waals surface area contributed by atoms with E-state index in [-0.39, 0.29) is 34.8 Å². The number of hydrogen-bond acceptors (Lipinski definition) is 6. The Morgan fingerprint density at radius 2 is 1.71 bits per heavy atom. The van der Waals surface area contributed by atoms with Crippen molar-refractivity contribution in [2.45, 2.75) is 68.9 Å². The molecule has 1 aliphatic heterocycles. The number of benzene rings is 1. The quantitative estimate of drug-likeness (QED) is 0.364. The lowest BCUT2D eigenvalue weighted by atomic mass is 9.93. The minimum atomic E-state index is -4.08. The van der Waals surface area contributed by atoms with Gasteiger partial charge in [-0.05, 0) is 68.5 Å². The Labute approximate surface area is 218 Å². The number of hydrogen-bond donors (Lipinski definition) is 0. The van der Waals surface area contributed by atoms with Crippen LogP contribution in [0.3, 0.4) is 0 Å². The molecule has 202 valence electrons. The van der Waals surface area contributed by atoms with Gasteiger partial charge in [-0.15, -0.1) is 0 Å². The fourth-order valence-electron chi connectivity index (χ4n) is 4.55. The van der Waals surface area contributed by atoms with E-state index in [4.69, 9.17) is 0 Å². The molecule has 4 rings (SSSR count). The van der Waals surface area contributed by atoms with Crippen LogP contribution in [0.1, 0.15) is 50.9 Å². The van der Waals surface area contributed by atoms with E-state index in [1.54, 1.807) is 6.92 Å². The number of pyridine rings is 1. The van der Waals surface area contributed by atoms with Gasteiger partial charge in [-0.1, -0.05) is 0 Å². The van der Waals surface area contributed by atoms with Gasteiger partial charge >= 0.3 is 5.92 Å². The minimum Gasteiger partial charge on any atom is -0.298 e. The van der Waals surface area contributed by atoms with Gasteiger partial charge in [0.15, 0.2) is 11.6 Å². The summed E-state index contributed by atoms with van der Waals surface area (Å²) in [5.41, 5.74) is 0.694. The summed E-state index contributed by atoms with van der Waals surface area (Å²) in [6.07, 6.45) is 4.66. The first-order chi connectivity index (χ1) is 17.9. The largest absolute Gasteiger partial charge is 0.303 e. The maximum atomic E-state index is 14.5. The van der Waals surface area contributed by atoms with Crippen molar-refractivity contribution < 1.29 is 30.8 Å². The monoisotopic (exact) mass is 550 g/mol. The summed E-state index contributed by atoms with van der Waals surface area (Å²) in [5.74, 6) is -5.47. The molecule has 1 fully saturated rings. The van der Waals surface area contributed by atoms with Crippen molar-refractivity contribution in [1.29, 1.82) is 0 Å². The highest BCUT2D eigenvalue weighted by Crippen LogP contribution is 2.31. The van der Waals surface area contributed by atoms with Gasteiger partial charge in [-0.25, -0.2) is 27.2 Å². The maximum absolute atomic E-state index is 14.5. The van der Waals surface area contributed by atoms with E-state index in [2.05, 4.69) is 15.0 Å². The molecule has 0 radical (unpaired) electrons. The summed E-state index contributed by atoms with van der Waals surface area (Å²) < 4.78 is 82.6. The molecule has 12 heteroatoms. The van der Waals surface area contributed by atoms with E-state index in [1.807, 2.05) is 0 Å². The molecule has 2 aromatic heterocycles. The Hall–Kier alpha value is -3.25. The number of carbonyl (C=O) groups is 1. The average molecular weight is 551 g/mol. The molecule has 1 aromatic carbocycles. The molecule has 0 amide bonds. The number of ketones is 1. The maximum Gasteiger partial charge on any atom is 0.303 e. The van der Waals surface area contributed by atoms with Gasteiger partial charge in [0.1, 0.15) is 11.6 Å². The number of sulfonamides is 1. The first kappa shape index (κ1) is 27.8. The molecule has 1 aliphatic rings. The summed E-state index contributed by atoms with van der Waals surface area (Å²) in [5, 5.41) is 0. The Morgan fingerprint density at radius 3 is 2.34 bits per heavy atom. The van der Waals surface area contributed by atoms with Crippen LogP contribution in [-0.4, -0.2) is 45.5 Å². The van der Waals surface area contributed by atoms with Gasteiger partial charge in [0.25, 0.3) is 0 Å². The van der Waals surface area contributed by atoms with Crippen molar-refractivity contribution in [3.8, 4) is 11.3 Å². The van der Waals surface area contributed by atoms with Gasteiger partial charge in [0.05, 0.1) is 22.8 Å². The Balaban J connectivity index is 1.53. The molecule has 0 bridgehead atoms. The molecule has 0 aliphatic carbocycles. The SMILES string of the molecule is C[C@H]1CCC[C@@H](C(=O)CCc2cc(-c3cnc(C(C)(F)F)nc3)ncc2F)N1S(=O)(=O)c1ccc(F)cc1. The van der Waals surface area contributed by atoms with E-state index in [9.17, 15) is 30.8 Å². The zero-order valence-electron chi connectivity index (χ0n) is 20.7.